The van der Waals surface area contributed by atoms with Gasteiger partial charge in [0.05, 0.1) is 0 Å². The summed E-state index contributed by atoms with van der Waals surface area (Å²) in [6.07, 6.45) is 3.07. The van der Waals surface area contributed by atoms with Crippen molar-refractivity contribution in [2.24, 2.45) is 0 Å². The molecule has 0 saturated carbocycles. The zero-order valence-corrected chi connectivity index (χ0v) is 13.3. The van der Waals surface area contributed by atoms with Gasteiger partial charge in [-0.25, -0.2) is 0 Å². The minimum absolute atomic E-state index is 0.313. The lowest BCUT2D eigenvalue weighted by molar-refractivity contribution is -0.129. The van der Waals surface area contributed by atoms with Gasteiger partial charge in [0.15, 0.2) is 0 Å². The summed E-state index contributed by atoms with van der Waals surface area (Å²) in [5.41, 5.74) is 0. The predicted octanol–water partition coefficient (Wildman–Crippen LogP) is 3.71. The highest BCUT2D eigenvalue weighted by Crippen LogP contribution is 2.07. The summed E-state index contributed by atoms with van der Waals surface area (Å²) in [6, 6.07) is 0. The molecule has 0 aromatic rings. The fraction of sp³-hybridized carbons (Fsp3) is 0.929. The fourth-order valence-electron chi connectivity index (χ4n) is 1.19. The molecule has 17 heavy (non-hydrogen) atoms. The number of likely N-dealkylation sites (tertiary alicyclic amines) is 1. The van der Waals surface area contributed by atoms with Crippen molar-refractivity contribution in [1.82, 2.24) is 4.90 Å². The van der Waals surface area contributed by atoms with Crippen molar-refractivity contribution in [1.29, 1.82) is 0 Å². The first-order chi connectivity index (χ1) is 8.34. The zero-order chi connectivity index (χ0) is 14.7. The number of hydrogen-bond acceptors (Lipinski definition) is 2. The van der Waals surface area contributed by atoms with E-state index in [-0.39, 0.29) is 0 Å². The first-order valence-corrected chi connectivity index (χ1v) is 7.07. The Labute approximate surface area is 109 Å². The van der Waals surface area contributed by atoms with Crippen molar-refractivity contribution in [3.63, 3.8) is 0 Å². The number of aliphatic hydroxyl groups is 1. The third-order valence-corrected chi connectivity index (χ3v) is 1.76. The van der Waals surface area contributed by atoms with Crippen molar-refractivity contribution >= 4 is 5.91 Å². The highest BCUT2D eigenvalue weighted by molar-refractivity contribution is 5.75. The lowest BCUT2D eigenvalue weighted by Crippen LogP contribution is -2.26. The largest absolute Gasteiger partial charge is 0.400 e. The van der Waals surface area contributed by atoms with E-state index in [0.29, 0.717) is 12.3 Å². The second kappa shape index (κ2) is 29.5. The summed E-state index contributed by atoms with van der Waals surface area (Å²) in [6.45, 7) is 15.9. The number of amides is 1. The van der Waals surface area contributed by atoms with Crippen LogP contribution in [0.1, 0.15) is 67.7 Å². The number of rotatable bonds is 1. The normalized spacial score (nSPS) is 11.2. The van der Waals surface area contributed by atoms with Gasteiger partial charge >= 0.3 is 0 Å². The Hall–Kier alpha value is -0.570. The molecule has 0 spiro atoms. The molecule has 0 bridgehead atoms. The first-order valence-electron chi connectivity index (χ1n) is 7.07. The van der Waals surface area contributed by atoms with E-state index in [9.17, 15) is 4.79 Å². The standard InChI is InChI=1S/C7H13NO.3C2H6.CH4O/c1-2-7(9)8-5-3-4-6-8;4*1-2/h2-6H2,1H3;3*1-2H3;2H,1H3. The molecule has 1 amide bonds. The summed E-state index contributed by atoms with van der Waals surface area (Å²) < 4.78 is 0. The molecule has 0 radical (unpaired) electrons. The summed E-state index contributed by atoms with van der Waals surface area (Å²) >= 11 is 0. The van der Waals surface area contributed by atoms with Gasteiger partial charge in [-0.05, 0) is 12.8 Å². The molecule has 1 aliphatic rings. The van der Waals surface area contributed by atoms with Gasteiger partial charge in [-0.1, -0.05) is 48.5 Å². The van der Waals surface area contributed by atoms with Gasteiger partial charge in [0, 0.05) is 26.6 Å². The Morgan fingerprint density at radius 3 is 1.47 bits per heavy atom. The van der Waals surface area contributed by atoms with Crippen molar-refractivity contribution in [3.8, 4) is 0 Å². The maximum atomic E-state index is 10.9. The van der Waals surface area contributed by atoms with Gasteiger partial charge in [0.25, 0.3) is 0 Å². The van der Waals surface area contributed by atoms with E-state index in [4.69, 9.17) is 5.11 Å². The molecule has 108 valence electrons. The van der Waals surface area contributed by atoms with Crippen molar-refractivity contribution in [3.05, 3.63) is 0 Å². The average molecular weight is 249 g/mol. The molecule has 3 heteroatoms. The van der Waals surface area contributed by atoms with Crippen LogP contribution in [0.25, 0.3) is 0 Å². The SMILES string of the molecule is CC.CC.CC.CCC(=O)N1CCCC1.CO. The Bertz CT molecular complexity index is 111. The quantitative estimate of drug-likeness (QED) is 0.769. The summed E-state index contributed by atoms with van der Waals surface area (Å²) in [7, 11) is 1.00. The van der Waals surface area contributed by atoms with E-state index in [1.54, 1.807) is 0 Å². The molecule has 1 saturated heterocycles. The molecule has 1 fully saturated rings. The third-order valence-electron chi connectivity index (χ3n) is 1.76. The second-order valence-corrected chi connectivity index (χ2v) is 2.44. The number of hydrogen-bond donors (Lipinski definition) is 1. The van der Waals surface area contributed by atoms with E-state index in [0.717, 1.165) is 20.2 Å². The summed E-state index contributed by atoms with van der Waals surface area (Å²) in [4.78, 5) is 12.9. The van der Waals surface area contributed by atoms with Crippen molar-refractivity contribution in [2.75, 3.05) is 20.2 Å². The molecule has 1 N–H and O–H groups in total. The van der Waals surface area contributed by atoms with E-state index < -0.39 is 0 Å². The minimum atomic E-state index is 0.313. The molecule has 0 aromatic carbocycles. The van der Waals surface area contributed by atoms with Crippen LogP contribution in [-0.2, 0) is 4.79 Å². The molecule has 1 aliphatic heterocycles. The molecular weight excluding hydrogens is 214 g/mol. The van der Waals surface area contributed by atoms with Crippen LogP contribution < -0.4 is 0 Å². The summed E-state index contributed by atoms with van der Waals surface area (Å²) in [5.74, 6) is 0.313. The topological polar surface area (TPSA) is 40.5 Å². The van der Waals surface area contributed by atoms with E-state index in [1.165, 1.54) is 12.8 Å². The highest BCUT2D eigenvalue weighted by Gasteiger charge is 2.14. The Balaban J connectivity index is -0.0000000905. The van der Waals surface area contributed by atoms with Crippen LogP contribution in [0.4, 0.5) is 0 Å². The van der Waals surface area contributed by atoms with Crippen LogP contribution in [0.2, 0.25) is 0 Å². The Morgan fingerprint density at radius 2 is 1.24 bits per heavy atom. The molecule has 0 unspecified atom stereocenters. The Kier molecular flexibility index (Phi) is 44.0. The molecule has 1 heterocycles. The van der Waals surface area contributed by atoms with Gasteiger partial charge in [0.2, 0.25) is 5.91 Å². The summed E-state index contributed by atoms with van der Waals surface area (Å²) in [5, 5.41) is 7.00. The number of carbonyl (C=O) groups excluding carboxylic acids is 1. The van der Waals surface area contributed by atoms with E-state index in [1.807, 2.05) is 53.4 Å². The lowest BCUT2D eigenvalue weighted by atomic mass is 10.4. The van der Waals surface area contributed by atoms with Crippen LogP contribution >= 0.6 is 0 Å². The third kappa shape index (κ3) is 18.0. The lowest BCUT2D eigenvalue weighted by Gasteiger charge is -2.12. The van der Waals surface area contributed by atoms with Crippen LogP contribution in [0, 0.1) is 0 Å². The maximum Gasteiger partial charge on any atom is 0.222 e. The van der Waals surface area contributed by atoms with Gasteiger partial charge in [-0.2, -0.15) is 0 Å². The van der Waals surface area contributed by atoms with Gasteiger partial charge in [0.1, 0.15) is 0 Å². The smallest absolute Gasteiger partial charge is 0.222 e. The van der Waals surface area contributed by atoms with Gasteiger partial charge < -0.3 is 10.0 Å². The molecule has 0 atom stereocenters. The molecule has 3 nitrogen and oxygen atoms in total. The average Bonchev–Trinajstić information content (AvgIpc) is 3.01. The van der Waals surface area contributed by atoms with Crippen molar-refractivity contribution in [2.45, 2.75) is 67.7 Å². The Morgan fingerprint density at radius 1 is 0.941 bits per heavy atom. The van der Waals surface area contributed by atoms with Gasteiger partial charge in [-0.15, -0.1) is 0 Å². The second-order valence-electron chi connectivity index (χ2n) is 2.44. The fourth-order valence-corrected chi connectivity index (χ4v) is 1.19. The molecule has 1 rings (SSSR count). The maximum absolute atomic E-state index is 10.9. The molecule has 0 aliphatic carbocycles. The first kappa shape index (κ1) is 25.3. The monoisotopic (exact) mass is 249 g/mol. The van der Waals surface area contributed by atoms with Crippen LogP contribution in [0.3, 0.4) is 0 Å². The van der Waals surface area contributed by atoms with Gasteiger partial charge in [-0.3, -0.25) is 4.79 Å². The zero-order valence-electron chi connectivity index (χ0n) is 13.3. The predicted molar refractivity (Wildman–Crippen MR) is 78.3 cm³/mol. The highest BCUT2D eigenvalue weighted by atomic mass is 16.2. The number of nitrogens with zero attached hydrogens (tertiary/aromatic N) is 1. The van der Waals surface area contributed by atoms with E-state index >= 15 is 0 Å². The molecule has 0 aromatic heterocycles. The van der Waals surface area contributed by atoms with Crippen LogP contribution in [0.15, 0.2) is 0 Å². The minimum Gasteiger partial charge on any atom is -0.400 e. The number of carbonyl (C=O) groups is 1. The molecular formula is C14H35NO2. The van der Waals surface area contributed by atoms with E-state index in [2.05, 4.69) is 0 Å². The van der Waals surface area contributed by atoms with Crippen molar-refractivity contribution < 1.29 is 9.90 Å². The number of aliphatic hydroxyl groups excluding tert-OH is 1. The van der Waals surface area contributed by atoms with Crippen LogP contribution in [-0.4, -0.2) is 36.1 Å². The van der Waals surface area contributed by atoms with Crippen LogP contribution in [0.5, 0.6) is 0 Å².